The van der Waals surface area contributed by atoms with Gasteiger partial charge in [0, 0.05) is 50.6 Å². The van der Waals surface area contributed by atoms with Crippen LogP contribution in [0.5, 0.6) is 0 Å². The zero-order chi connectivity index (χ0) is 59.4. The summed E-state index contributed by atoms with van der Waals surface area (Å²) in [7, 11) is 6.56. The number of esters is 2. The third kappa shape index (κ3) is 24.9. The number of hydrogen-bond acceptors (Lipinski definition) is 12. The molecule has 18 nitrogen and oxygen atoms in total. The molecule has 0 saturated heterocycles. The van der Waals surface area contributed by atoms with Crippen molar-refractivity contribution in [2.24, 2.45) is 17.8 Å². The van der Waals surface area contributed by atoms with Gasteiger partial charge in [-0.1, -0.05) is 128 Å². The molecule has 1 aromatic carbocycles. The third-order valence-electron chi connectivity index (χ3n) is 14.9. The Morgan fingerprint density at radius 2 is 1.43 bits per heavy atom. The number of hydrogen-bond donors (Lipinski definition) is 4. The van der Waals surface area contributed by atoms with Gasteiger partial charge < -0.3 is 50.2 Å². The maximum absolute atomic E-state index is 14.4. The second kappa shape index (κ2) is 36.8. The van der Waals surface area contributed by atoms with E-state index >= 15 is 0 Å². The van der Waals surface area contributed by atoms with Gasteiger partial charge >= 0.3 is 11.9 Å². The van der Waals surface area contributed by atoms with Gasteiger partial charge in [-0.2, -0.15) is 0 Å². The van der Waals surface area contributed by atoms with Crippen molar-refractivity contribution in [1.82, 2.24) is 36.0 Å². The molecule has 4 N–H and O–H groups in total. The lowest BCUT2D eigenvalue weighted by Gasteiger charge is -2.33. The van der Waals surface area contributed by atoms with Crippen LogP contribution in [0.1, 0.15) is 158 Å². The largest absolute Gasteiger partial charge is 0.456 e. The van der Waals surface area contributed by atoms with E-state index < -0.39 is 102 Å². The summed E-state index contributed by atoms with van der Waals surface area (Å²) in [6.45, 7) is 18.1. The number of benzene rings is 1. The van der Waals surface area contributed by atoms with Crippen LogP contribution in [0.3, 0.4) is 0 Å². The van der Waals surface area contributed by atoms with Crippen molar-refractivity contribution in [3.63, 3.8) is 0 Å². The van der Waals surface area contributed by atoms with E-state index in [4.69, 9.17) is 25.8 Å². The van der Waals surface area contributed by atoms with E-state index in [9.17, 15) is 38.4 Å². The first-order valence-electron chi connectivity index (χ1n) is 28.7. The van der Waals surface area contributed by atoms with Crippen molar-refractivity contribution in [3.8, 4) is 0 Å². The minimum atomic E-state index is -1.31. The Morgan fingerprint density at radius 1 is 0.848 bits per heavy atom. The topological polar surface area (TPSA) is 222 Å². The Bertz CT molecular complexity index is 2170. The SMILES string of the molecule is C/C=C(\C)[C@H]1OC(=O)[C@@H](C)NC(=O)[C@H](C(C)CC)NC(=O)CN(C)C(=O)[C@@H](Cc2ccc(Cl)cc2)N(C)C(=O)[C@H](C)NC(=O)[C@@H](CC(C)C)OC(=O)/C(C)=C/C[C@H](OCC(=O)N(C)CCCCCCCCCCCCNC)[C@@H]1C. The molecule has 0 radical (unpaired) electrons. The lowest BCUT2D eigenvalue weighted by Crippen LogP contribution is -2.57. The number of nitrogens with zero attached hydrogens (tertiary/aromatic N) is 3. The molecule has 19 heteroatoms. The highest BCUT2D eigenvalue weighted by Crippen LogP contribution is 2.26. The Labute approximate surface area is 477 Å². The molecule has 79 heavy (non-hydrogen) atoms. The zero-order valence-corrected chi connectivity index (χ0v) is 50.9. The van der Waals surface area contributed by atoms with Gasteiger partial charge in [-0.15, -0.1) is 0 Å². The van der Waals surface area contributed by atoms with Crippen molar-refractivity contribution >= 4 is 59.0 Å². The molecule has 446 valence electrons. The van der Waals surface area contributed by atoms with E-state index in [2.05, 4.69) is 21.3 Å². The van der Waals surface area contributed by atoms with Crippen molar-refractivity contribution in [2.75, 3.05) is 54.4 Å². The Hall–Kier alpha value is -5.33. The molecule has 0 fully saturated rings. The van der Waals surface area contributed by atoms with Gasteiger partial charge in [0.15, 0.2) is 6.10 Å². The van der Waals surface area contributed by atoms with Gasteiger partial charge in [-0.25, -0.2) is 9.59 Å². The van der Waals surface area contributed by atoms with E-state index in [1.807, 2.05) is 34.7 Å². The molecule has 1 heterocycles. The first kappa shape index (κ1) is 69.8. The van der Waals surface area contributed by atoms with E-state index in [1.165, 1.54) is 71.4 Å². The van der Waals surface area contributed by atoms with Crippen molar-refractivity contribution in [2.45, 2.75) is 202 Å². The predicted molar refractivity (Wildman–Crippen MR) is 310 cm³/mol. The first-order chi connectivity index (χ1) is 37.4. The van der Waals surface area contributed by atoms with E-state index in [-0.39, 0.29) is 43.3 Å². The summed E-state index contributed by atoms with van der Waals surface area (Å²) in [5, 5.41) is 11.8. The number of ether oxygens (including phenoxy) is 3. The van der Waals surface area contributed by atoms with Gasteiger partial charge in [0.05, 0.1) is 12.6 Å². The second-order valence-corrected chi connectivity index (χ2v) is 22.5. The van der Waals surface area contributed by atoms with Crippen LogP contribution in [0.4, 0.5) is 0 Å². The number of likely N-dealkylation sites (N-methyl/N-ethyl adjacent to an activating group) is 3. The van der Waals surface area contributed by atoms with Crippen molar-refractivity contribution < 1.29 is 52.6 Å². The number of carbonyl (C=O) groups is 8. The quantitative estimate of drug-likeness (QED) is 0.0476. The predicted octanol–water partition coefficient (Wildman–Crippen LogP) is 7.49. The maximum atomic E-state index is 14.4. The van der Waals surface area contributed by atoms with E-state index in [0.717, 1.165) is 37.1 Å². The Balaban J connectivity index is 2.55. The minimum absolute atomic E-state index is 0.0148. The number of cyclic esters (lactones) is 2. The number of unbranched alkanes of at least 4 members (excludes halogenated alkanes) is 9. The smallest absolute Gasteiger partial charge is 0.334 e. The minimum Gasteiger partial charge on any atom is -0.456 e. The molecule has 0 saturated carbocycles. The highest BCUT2D eigenvalue weighted by atomic mass is 35.5. The highest BCUT2D eigenvalue weighted by Gasteiger charge is 2.37. The van der Waals surface area contributed by atoms with Gasteiger partial charge in [-0.3, -0.25) is 28.8 Å². The summed E-state index contributed by atoms with van der Waals surface area (Å²) in [6, 6.07) is 2.05. The van der Waals surface area contributed by atoms with Crippen molar-refractivity contribution in [3.05, 3.63) is 58.1 Å². The molecule has 6 amide bonds. The summed E-state index contributed by atoms with van der Waals surface area (Å²) in [5.41, 5.74) is 1.46. The normalized spacial score (nSPS) is 24.5. The molecule has 1 aliphatic heterocycles. The van der Waals surface area contributed by atoms with Crippen LogP contribution in [0, 0.1) is 17.8 Å². The zero-order valence-electron chi connectivity index (χ0n) is 50.2. The number of rotatable bonds is 23. The van der Waals surface area contributed by atoms with E-state index in [0.29, 0.717) is 29.1 Å². The average Bonchev–Trinajstić information content (AvgIpc) is 3.41. The number of allylic oxidation sites excluding steroid dienone is 1. The number of nitrogens with one attached hydrogen (secondary N) is 4. The average molecular weight is 1130 g/mol. The number of carbonyl (C=O) groups excluding carboxylic acids is 8. The fourth-order valence-corrected chi connectivity index (χ4v) is 9.37. The lowest BCUT2D eigenvalue weighted by atomic mass is 9.90. The summed E-state index contributed by atoms with van der Waals surface area (Å²) in [5.74, 6) is -6.23. The monoisotopic (exact) mass is 1130 g/mol. The molecule has 2 rings (SSSR count). The van der Waals surface area contributed by atoms with Crippen LogP contribution in [-0.2, 0) is 59.0 Å². The molecular formula is C60H98ClN7O11. The number of amides is 6. The Morgan fingerprint density at radius 3 is 2.00 bits per heavy atom. The molecule has 0 spiro atoms. The van der Waals surface area contributed by atoms with Crippen LogP contribution in [0.2, 0.25) is 5.02 Å². The summed E-state index contributed by atoms with van der Waals surface area (Å²) in [4.78, 5) is 116. The molecular weight excluding hydrogens is 1030 g/mol. The highest BCUT2D eigenvalue weighted by molar-refractivity contribution is 6.30. The fraction of sp³-hybridized carbons (Fsp3) is 0.700. The maximum Gasteiger partial charge on any atom is 0.334 e. The van der Waals surface area contributed by atoms with Crippen LogP contribution in [0.25, 0.3) is 0 Å². The third-order valence-corrected chi connectivity index (χ3v) is 15.1. The lowest BCUT2D eigenvalue weighted by molar-refractivity contribution is -0.157. The molecule has 0 aliphatic carbocycles. The van der Waals surface area contributed by atoms with Crippen LogP contribution < -0.4 is 21.3 Å². The second-order valence-electron chi connectivity index (χ2n) is 22.1. The van der Waals surface area contributed by atoms with Crippen LogP contribution in [-0.4, -0.2) is 159 Å². The van der Waals surface area contributed by atoms with Crippen LogP contribution in [0.15, 0.2) is 47.6 Å². The molecule has 1 aromatic rings. The molecule has 1 unspecified atom stereocenters. The molecule has 9 atom stereocenters. The molecule has 0 aromatic heterocycles. The molecule has 0 bridgehead atoms. The van der Waals surface area contributed by atoms with Gasteiger partial charge in [0.2, 0.25) is 29.5 Å². The van der Waals surface area contributed by atoms with Crippen molar-refractivity contribution in [1.29, 1.82) is 0 Å². The van der Waals surface area contributed by atoms with Gasteiger partial charge in [-0.05, 0) is 109 Å². The Kier molecular flexibility index (Phi) is 32.5. The summed E-state index contributed by atoms with van der Waals surface area (Å²) in [6.07, 6.45) is 12.6. The van der Waals surface area contributed by atoms with E-state index in [1.54, 1.807) is 76.1 Å². The molecule has 1 aliphatic rings. The first-order valence-corrected chi connectivity index (χ1v) is 29.1. The number of halogens is 1. The standard InChI is InChI=1S/C60H98ClN7O11/c1-15-40(5)53-56(72)64-45(10)60(76)79-54(41(6)16-2)43(8)49(77-38-52(70)66(12)34-26-24-22-20-18-17-19-21-23-25-33-62-11)32-27-42(7)59(75)78-50(35-39(3)4)55(71)63-44(9)57(73)68(14)48(36-46-28-30-47(61)31-29-46)58(74)67(13)37-51(69)65-53/h16,27-31,39-40,43-45,48-50,53-54,62H,15,17-26,32-38H2,1-14H3,(H,63,71)(H,64,72)(H,65,69)/b41-16+,42-27+/t40?,43-,44-,45+,48+,49-,50+,53-,54+/m0/s1. The summed E-state index contributed by atoms with van der Waals surface area (Å²) < 4.78 is 18.5. The van der Waals surface area contributed by atoms with Crippen LogP contribution >= 0.6 is 11.6 Å². The van der Waals surface area contributed by atoms with Gasteiger partial charge in [0.1, 0.15) is 36.9 Å². The summed E-state index contributed by atoms with van der Waals surface area (Å²) >= 11 is 6.17. The van der Waals surface area contributed by atoms with Gasteiger partial charge in [0.25, 0.3) is 5.91 Å². The fourth-order valence-electron chi connectivity index (χ4n) is 9.24.